The van der Waals surface area contributed by atoms with Crippen LogP contribution in [0, 0.1) is 26.2 Å². The van der Waals surface area contributed by atoms with Crippen LogP contribution in [0.1, 0.15) is 43.9 Å². The lowest BCUT2D eigenvalue weighted by Gasteiger charge is -2.17. The lowest BCUT2D eigenvalue weighted by molar-refractivity contribution is -0.149. The Labute approximate surface area is 126 Å². The van der Waals surface area contributed by atoms with Gasteiger partial charge < -0.3 is 10.1 Å². The number of benzene rings is 1. The second kappa shape index (κ2) is 6.74. The van der Waals surface area contributed by atoms with Gasteiger partial charge in [0.1, 0.15) is 0 Å². The Morgan fingerprint density at radius 3 is 2.10 bits per heavy atom. The molecule has 0 aliphatic rings. The third-order valence-electron chi connectivity index (χ3n) is 2.98. The largest absolute Gasteiger partial charge is 0.456 e. The molecule has 21 heavy (non-hydrogen) atoms. The van der Waals surface area contributed by atoms with E-state index >= 15 is 0 Å². The van der Waals surface area contributed by atoms with Crippen molar-refractivity contribution in [2.45, 2.75) is 48.0 Å². The van der Waals surface area contributed by atoms with Gasteiger partial charge in [0.05, 0.1) is 6.42 Å². The predicted octanol–water partition coefficient (Wildman–Crippen LogP) is 3.53. The molecule has 0 aromatic heterocycles. The normalized spacial score (nSPS) is 11.1. The highest BCUT2D eigenvalue weighted by Gasteiger charge is 2.18. The molecule has 0 unspecified atom stereocenters. The lowest BCUT2D eigenvalue weighted by atomic mass is 9.92. The first-order valence-corrected chi connectivity index (χ1v) is 7.12. The number of aryl methyl sites for hydroxylation is 3. The van der Waals surface area contributed by atoms with Gasteiger partial charge in [0.2, 0.25) is 0 Å². The van der Waals surface area contributed by atoms with E-state index in [-0.39, 0.29) is 23.9 Å². The summed E-state index contributed by atoms with van der Waals surface area (Å²) in [4.78, 5) is 23.5. The summed E-state index contributed by atoms with van der Waals surface area (Å²) in [5.74, 6) is -0.665. The number of amides is 1. The standard InChI is InChI=1S/C17H25NO3/c1-11-7-12(2)16(13(3)8-11)18-14(19)10-21-15(20)9-17(4,5)6/h7-8H,9-10H2,1-6H3,(H,18,19). The number of hydrogen-bond donors (Lipinski definition) is 1. The zero-order valence-corrected chi connectivity index (χ0v) is 13.8. The molecule has 1 aromatic carbocycles. The van der Waals surface area contributed by atoms with Crippen LogP contribution in [0.3, 0.4) is 0 Å². The average Bonchev–Trinajstić information content (AvgIpc) is 2.29. The second-order valence-corrected chi connectivity index (χ2v) is 6.72. The summed E-state index contributed by atoms with van der Waals surface area (Å²) in [6.45, 7) is 11.5. The van der Waals surface area contributed by atoms with Crippen LogP contribution in [0.5, 0.6) is 0 Å². The molecular formula is C17H25NO3. The van der Waals surface area contributed by atoms with Crippen LogP contribution in [-0.2, 0) is 14.3 Å². The molecule has 0 fully saturated rings. The quantitative estimate of drug-likeness (QED) is 0.863. The smallest absolute Gasteiger partial charge is 0.306 e. The molecule has 116 valence electrons. The molecule has 1 aromatic rings. The fourth-order valence-corrected chi connectivity index (χ4v) is 2.18. The number of carbonyl (C=O) groups is 2. The number of nitrogens with one attached hydrogen (secondary N) is 1. The number of esters is 1. The first-order valence-electron chi connectivity index (χ1n) is 7.12. The zero-order valence-electron chi connectivity index (χ0n) is 13.8. The molecule has 4 nitrogen and oxygen atoms in total. The van der Waals surface area contributed by atoms with Crippen LogP contribution in [0.15, 0.2) is 12.1 Å². The van der Waals surface area contributed by atoms with Gasteiger partial charge in [-0.1, -0.05) is 38.5 Å². The first-order chi connectivity index (χ1) is 9.58. The molecule has 0 atom stereocenters. The third-order valence-corrected chi connectivity index (χ3v) is 2.98. The van der Waals surface area contributed by atoms with E-state index in [2.05, 4.69) is 5.32 Å². The van der Waals surface area contributed by atoms with E-state index in [0.29, 0.717) is 6.42 Å². The fraction of sp³-hybridized carbons (Fsp3) is 0.529. The van der Waals surface area contributed by atoms with Gasteiger partial charge in [-0.3, -0.25) is 9.59 Å². The molecule has 0 spiro atoms. The van der Waals surface area contributed by atoms with Crippen molar-refractivity contribution in [2.24, 2.45) is 5.41 Å². The van der Waals surface area contributed by atoms with Crippen LogP contribution in [0.4, 0.5) is 5.69 Å². The first kappa shape index (κ1) is 17.2. The number of rotatable bonds is 4. The Morgan fingerprint density at radius 1 is 1.10 bits per heavy atom. The average molecular weight is 291 g/mol. The molecule has 0 radical (unpaired) electrons. The van der Waals surface area contributed by atoms with E-state index in [1.165, 1.54) is 0 Å². The van der Waals surface area contributed by atoms with Gasteiger partial charge in [-0.2, -0.15) is 0 Å². The van der Waals surface area contributed by atoms with Gasteiger partial charge >= 0.3 is 5.97 Å². The van der Waals surface area contributed by atoms with Gasteiger partial charge in [-0.25, -0.2) is 0 Å². The van der Waals surface area contributed by atoms with Crippen molar-refractivity contribution >= 4 is 17.6 Å². The molecule has 0 heterocycles. The van der Waals surface area contributed by atoms with Crippen LogP contribution in [0.25, 0.3) is 0 Å². The van der Waals surface area contributed by atoms with Crippen molar-refractivity contribution in [3.63, 3.8) is 0 Å². The number of ether oxygens (including phenoxy) is 1. The van der Waals surface area contributed by atoms with Crippen LogP contribution < -0.4 is 5.32 Å². The summed E-state index contributed by atoms with van der Waals surface area (Å²) in [6, 6.07) is 4.02. The molecule has 0 bridgehead atoms. The van der Waals surface area contributed by atoms with E-state index in [9.17, 15) is 9.59 Å². The van der Waals surface area contributed by atoms with Gasteiger partial charge in [0, 0.05) is 5.69 Å². The van der Waals surface area contributed by atoms with Crippen LogP contribution >= 0.6 is 0 Å². The Bertz CT molecular complexity index is 518. The topological polar surface area (TPSA) is 55.4 Å². The summed E-state index contributed by atoms with van der Waals surface area (Å²) in [7, 11) is 0. The molecule has 4 heteroatoms. The van der Waals surface area contributed by atoms with Crippen molar-refractivity contribution in [3.05, 3.63) is 28.8 Å². The highest BCUT2D eigenvalue weighted by atomic mass is 16.5. The van der Waals surface area contributed by atoms with Crippen molar-refractivity contribution in [1.82, 2.24) is 0 Å². The Morgan fingerprint density at radius 2 is 1.62 bits per heavy atom. The highest BCUT2D eigenvalue weighted by Crippen LogP contribution is 2.22. The molecule has 0 aliphatic heterocycles. The summed E-state index contributed by atoms with van der Waals surface area (Å²) < 4.78 is 5.00. The van der Waals surface area contributed by atoms with Gasteiger partial charge in [0.25, 0.3) is 5.91 Å². The minimum Gasteiger partial charge on any atom is -0.456 e. The van der Waals surface area contributed by atoms with Gasteiger partial charge in [0.15, 0.2) is 6.61 Å². The second-order valence-electron chi connectivity index (χ2n) is 6.72. The van der Waals surface area contributed by atoms with E-state index in [1.807, 2.05) is 53.7 Å². The number of anilines is 1. The molecule has 1 N–H and O–H groups in total. The highest BCUT2D eigenvalue weighted by molar-refractivity contribution is 5.94. The molecule has 0 saturated heterocycles. The maximum atomic E-state index is 11.9. The Hall–Kier alpha value is -1.84. The van der Waals surface area contributed by atoms with Crippen molar-refractivity contribution in [2.75, 3.05) is 11.9 Å². The molecule has 1 rings (SSSR count). The minimum atomic E-state index is -0.352. The van der Waals surface area contributed by atoms with E-state index in [0.717, 1.165) is 22.4 Å². The van der Waals surface area contributed by atoms with Crippen molar-refractivity contribution < 1.29 is 14.3 Å². The van der Waals surface area contributed by atoms with Crippen molar-refractivity contribution in [3.8, 4) is 0 Å². The summed E-state index contributed by atoms with van der Waals surface area (Å²) in [5.41, 5.74) is 3.80. The van der Waals surface area contributed by atoms with Crippen LogP contribution in [0.2, 0.25) is 0 Å². The fourth-order valence-electron chi connectivity index (χ4n) is 2.18. The zero-order chi connectivity index (χ0) is 16.2. The molecule has 1 amide bonds. The molecule has 0 aliphatic carbocycles. The van der Waals surface area contributed by atoms with E-state index in [1.54, 1.807) is 0 Å². The maximum absolute atomic E-state index is 11.9. The van der Waals surface area contributed by atoms with Crippen LogP contribution in [-0.4, -0.2) is 18.5 Å². The Balaban J connectivity index is 2.57. The minimum absolute atomic E-state index is 0.141. The number of carbonyl (C=O) groups excluding carboxylic acids is 2. The monoisotopic (exact) mass is 291 g/mol. The SMILES string of the molecule is Cc1cc(C)c(NC(=O)COC(=O)CC(C)(C)C)c(C)c1. The van der Waals surface area contributed by atoms with Gasteiger partial charge in [-0.05, 0) is 37.3 Å². The van der Waals surface area contributed by atoms with E-state index < -0.39 is 0 Å². The summed E-state index contributed by atoms with van der Waals surface area (Å²) >= 11 is 0. The van der Waals surface area contributed by atoms with Gasteiger partial charge in [-0.15, -0.1) is 0 Å². The molecular weight excluding hydrogens is 266 g/mol. The summed E-state index contributed by atoms with van der Waals surface area (Å²) in [6.07, 6.45) is 0.295. The number of hydrogen-bond acceptors (Lipinski definition) is 3. The van der Waals surface area contributed by atoms with E-state index in [4.69, 9.17) is 4.74 Å². The third kappa shape index (κ3) is 5.98. The van der Waals surface area contributed by atoms with Crippen molar-refractivity contribution in [1.29, 1.82) is 0 Å². The summed E-state index contributed by atoms with van der Waals surface area (Å²) in [5, 5.41) is 2.81. The molecule has 0 saturated carbocycles. The lowest BCUT2D eigenvalue weighted by Crippen LogP contribution is -2.23. The maximum Gasteiger partial charge on any atom is 0.306 e. The predicted molar refractivity (Wildman–Crippen MR) is 84.3 cm³/mol. The Kier molecular flexibility index (Phi) is 5.53.